The number of sulfone groups is 1. The Kier molecular flexibility index (Phi) is 4.24. The van der Waals surface area contributed by atoms with Crippen LogP contribution in [0, 0.1) is 0 Å². The maximum absolute atomic E-state index is 11.4. The molecule has 1 rings (SSSR count). The maximum Gasteiger partial charge on any atom is 0.154 e. The summed E-state index contributed by atoms with van der Waals surface area (Å²) in [5.41, 5.74) is 2.07. The van der Waals surface area contributed by atoms with Crippen LogP contribution in [0.3, 0.4) is 0 Å². The van der Waals surface area contributed by atoms with E-state index in [1.54, 1.807) is 0 Å². The van der Waals surface area contributed by atoms with Gasteiger partial charge in [-0.1, -0.05) is 31.2 Å². The van der Waals surface area contributed by atoms with Crippen molar-refractivity contribution in [1.82, 2.24) is 0 Å². The van der Waals surface area contributed by atoms with Crippen molar-refractivity contribution in [3.05, 3.63) is 35.4 Å². The van der Waals surface area contributed by atoms with Gasteiger partial charge in [-0.05, 0) is 17.5 Å². The average Bonchev–Trinajstić information content (AvgIpc) is 2.16. The lowest BCUT2D eigenvalue weighted by Gasteiger charge is -2.02. The number of carbonyl (C=O) groups is 1. The smallest absolute Gasteiger partial charge is 0.154 e. The average molecular weight is 240 g/mol. The Labute approximate surface area is 96.4 Å². The van der Waals surface area contributed by atoms with E-state index in [1.165, 1.54) is 5.56 Å². The molecule has 3 nitrogen and oxygen atoms in total. The van der Waals surface area contributed by atoms with Crippen molar-refractivity contribution in [2.75, 3.05) is 12.0 Å². The zero-order chi connectivity index (χ0) is 12.2. The minimum Gasteiger partial charge on any atom is -0.298 e. The van der Waals surface area contributed by atoms with Crippen molar-refractivity contribution in [3.8, 4) is 0 Å². The van der Waals surface area contributed by atoms with Crippen molar-refractivity contribution < 1.29 is 13.2 Å². The van der Waals surface area contributed by atoms with Gasteiger partial charge in [0.15, 0.2) is 15.6 Å². The standard InChI is InChI=1S/C12H16O3S/c1-3-10-4-6-11(7-5-10)8-12(13)9-16(2,14)15/h4-7H,3,8-9H2,1-2H3. The molecule has 0 bridgehead atoms. The Hall–Kier alpha value is -1.16. The monoisotopic (exact) mass is 240 g/mol. The molecule has 0 aliphatic rings. The summed E-state index contributed by atoms with van der Waals surface area (Å²) in [6, 6.07) is 7.67. The summed E-state index contributed by atoms with van der Waals surface area (Å²) < 4.78 is 21.8. The molecule has 1 aromatic rings. The van der Waals surface area contributed by atoms with E-state index in [1.807, 2.05) is 24.3 Å². The lowest BCUT2D eigenvalue weighted by Crippen LogP contribution is -2.16. The van der Waals surface area contributed by atoms with E-state index in [0.717, 1.165) is 18.2 Å². The minimum absolute atomic E-state index is 0.192. The number of Topliss-reactive ketones (excluding diaryl/α,β-unsaturated/α-hetero) is 1. The van der Waals surface area contributed by atoms with Crippen LogP contribution in [0.2, 0.25) is 0 Å². The van der Waals surface area contributed by atoms with Crippen LogP contribution in [0.25, 0.3) is 0 Å². The predicted molar refractivity (Wildman–Crippen MR) is 64.2 cm³/mol. The van der Waals surface area contributed by atoms with Gasteiger partial charge in [0.1, 0.15) is 5.75 Å². The van der Waals surface area contributed by atoms with Crippen LogP contribution in [-0.2, 0) is 27.5 Å². The summed E-state index contributed by atoms with van der Waals surface area (Å²) >= 11 is 0. The molecular formula is C12H16O3S. The van der Waals surface area contributed by atoms with Gasteiger partial charge >= 0.3 is 0 Å². The second kappa shape index (κ2) is 5.25. The fraction of sp³-hybridized carbons (Fsp3) is 0.417. The van der Waals surface area contributed by atoms with Crippen LogP contribution >= 0.6 is 0 Å². The Balaban J connectivity index is 2.63. The Bertz CT molecular complexity index is 458. The fourth-order valence-electron chi connectivity index (χ4n) is 1.46. The van der Waals surface area contributed by atoms with Crippen molar-refractivity contribution in [3.63, 3.8) is 0 Å². The van der Waals surface area contributed by atoms with Gasteiger partial charge in [0.05, 0.1) is 0 Å². The molecule has 0 radical (unpaired) electrons. The highest BCUT2D eigenvalue weighted by molar-refractivity contribution is 7.91. The van der Waals surface area contributed by atoms with E-state index < -0.39 is 9.84 Å². The number of rotatable bonds is 5. The number of hydrogen-bond donors (Lipinski definition) is 0. The first-order chi connectivity index (χ1) is 7.40. The zero-order valence-electron chi connectivity index (χ0n) is 9.56. The quantitative estimate of drug-likeness (QED) is 0.782. The lowest BCUT2D eigenvalue weighted by atomic mass is 10.1. The summed E-state index contributed by atoms with van der Waals surface area (Å²) in [5, 5.41) is 0. The molecule has 0 saturated heterocycles. The Morgan fingerprint density at radius 1 is 1.12 bits per heavy atom. The van der Waals surface area contributed by atoms with E-state index in [0.29, 0.717) is 0 Å². The van der Waals surface area contributed by atoms with Gasteiger partial charge in [0, 0.05) is 12.7 Å². The van der Waals surface area contributed by atoms with Gasteiger partial charge < -0.3 is 0 Å². The van der Waals surface area contributed by atoms with E-state index >= 15 is 0 Å². The van der Waals surface area contributed by atoms with Crippen LogP contribution in [0.5, 0.6) is 0 Å². The Morgan fingerprint density at radius 3 is 2.06 bits per heavy atom. The molecule has 0 atom stereocenters. The van der Waals surface area contributed by atoms with E-state index in [4.69, 9.17) is 0 Å². The molecule has 0 aromatic heterocycles. The molecule has 0 heterocycles. The van der Waals surface area contributed by atoms with Crippen molar-refractivity contribution in [2.45, 2.75) is 19.8 Å². The maximum atomic E-state index is 11.4. The number of carbonyl (C=O) groups excluding carboxylic acids is 1. The van der Waals surface area contributed by atoms with Gasteiger partial charge in [0.2, 0.25) is 0 Å². The molecule has 0 unspecified atom stereocenters. The summed E-state index contributed by atoms with van der Waals surface area (Å²) in [6.45, 7) is 2.06. The predicted octanol–water partition coefficient (Wildman–Crippen LogP) is 1.41. The molecule has 0 saturated carbocycles. The molecule has 0 fully saturated rings. The highest BCUT2D eigenvalue weighted by Crippen LogP contribution is 2.06. The third kappa shape index (κ3) is 4.57. The number of hydrogen-bond acceptors (Lipinski definition) is 3. The normalized spacial score (nSPS) is 11.4. The van der Waals surface area contributed by atoms with E-state index in [-0.39, 0.29) is 18.0 Å². The molecule has 0 aliphatic heterocycles. The van der Waals surface area contributed by atoms with Crippen molar-refractivity contribution in [1.29, 1.82) is 0 Å². The number of ketones is 1. The lowest BCUT2D eigenvalue weighted by molar-refractivity contribution is -0.116. The van der Waals surface area contributed by atoms with Crippen molar-refractivity contribution in [2.24, 2.45) is 0 Å². The fourth-order valence-corrected chi connectivity index (χ4v) is 2.15. The highest BCUT2D eigenvalue weighted by Gasteiger charge is 2.11. The van der Waals surface area contributed by atoms with Crippen LogP contribution in [0.4, 0.5) is 0 Å². The van der Waals surface area contributed by atoms with Gasteiger partial charge in [0.25, 0.3) is 0 Å². The van der Waals surface area contributed by atoms with Gasteiger partial charge in [-0.3, -0.25) is 4.79 Å². The van der Waals surface area contributed by atoms with Gasteiger partial charge in [-0.2, -0.15) is 0 Å². The third-order valence-electron chi connectivity index (χ3n) is 2.26. The molecule has 0 N–H and O–H groups in total. The van der Waals surface area contributed by atoms with E-state index in [2.05, 4.69) is 6.92 Å². The Morgan fingerprint density at radius 2 is 1.62 bits per heavy atom. The molecule has 16 heavy (non-hydrogen) atoms. The topological polar surface area (TPSA) is 51.2 Å². The first-order valence-corrected chi connectivity index (χ1v) is 7.24. The molecule has 88 valence electrons. The molecule has 0 aliphatic carbocycles. The zero-order valence-corrected chi connectivity index (χ0v) is 10.4. The van der Waals surface area contributed by atoms with Crippen LogP contribution in [0.1, 0.15) is 18.1 Å². The summed E-state index contributed by atoms with van der Waals surface area (Å²) in [7, 11) is -3.21. The summed E-state index contributed by atoms with van der Waals surface area (Å²) in [6.07, 6.45) is 2.22. The third-order valence-corrected chi connectivity index (χ3v) is 3.10. The van der Waals surface area contributed by atoms with Crippen LogP contribution in [-0.4, -0.2) is 26.2 Å². The number of benzene rings is 1. The van der Waals surface area contributed by atoms with Gasteiger partial charge in [-0.15, -0.1) is 0 Å². The largest absolute Gasteiger partial charge is 0.298 e. The minimum atomic E-state index is -3.21. The molecule has 4 heteroatoms. The van der Waals surface area contributed by atoms with Gasteiger partial charge in [-0.25, -0.2) is 8.42 Å². The first kappa shape index (κ1) is 12.9. The SMILES string of the molecule is CCc1ccc(CC(=O)CS(C)(=O)=O)cc1. The second-order valence-electron chi connectivity index (χ2n) is 3.96. The van der Waals surface area contributed by atoms with Crippen LogP contribution in [0.15, 0.2) is 24.3 Å². The summed E-state index contributed by atoms with van der Waals surface area (Å²) in [5.74, 6) is -0.630. The second-order valence-corrected chi connectivity index (χ2v) is 6.10. The van der Waals surface area contributed by atoms with Crippen LogP contribution < -0.4 is 0 Å². The summed E-state index contributed by atoms with van der Waals surface area (Å²) in [4.78, 5) is 11.4. The highest BCUT2D eigenvalue weighted by atomic mass is 32.2. The van der Waals surface area contributed by atoms with E-state index in [9.17, 15) is 13.2 Å². The molecule has 0 amide bonds. The van der Waals surface area contributed by atoms with Crippen molar-refractivity contribution >= 4 is 15.6 Å². The first-order valence-electron chi connectivity index (χ1n) is 5.18. The molecule has 0 spiro atoms. The molecule has 1 aromatic carbocycles. The molecular weight excluding hydrogens is 224 g/mol. The number of aryl methyl sites for hydroxylation is 1.